The van der Waals surface area contributed by atoms with Crippen LogP contribution in [0.3, 0.4) is 0 Å². The Bertz CT molecular complexity index is 1870. The molecule has 0 nitrogen and oxygen atoms in total. The number of allylic oxidation sites excluding steroid dienone is 2. The largest absolute Gasteiger partial charge is 0.101 e. The van der Waals surface area contributed by atoms with Gasteiger partial charge in [0.1, 0.15) is 0 Å². The molecule has 0 radical (unpaired) electrons. The van der Waals surface area contributed by atoms with Crippen LogP contribution in [0.5, 0.6) is 0 Å². The van der Waals surface area contributed by atoms with Gasteiger partial charge in [-0.05, 0) is 142 Å². The maximum Gasteiger partial charge on any atom is 0.0403 e. The Morgan fingerprint density at radius 1 is 0.500 bits per heavy atom. The Labute approximate surface area is 212 Å². The van der Waals surface area contributed by atoms with Crippen molar-refractivity contribution in [2.75, 3.05) is 0 Å². The van der Waals surface area contributed by atoms with Gasteiger partial charge in [-0.2, -0.15) is 0 Å². The molecule has 2 aliphatic rings. The minimum Gasteiger partial charge on any atom is -0.101 e. The van der Waals surface area contributed by atoms with Crippen LogP contribution in [0.2, 0.25) is 0 Å². The Kier molecular flexibility index (Phi) is 4.46. The summed E-state index contributed by atoms with van der Waals surface area (Å²) in [4.78, 5) is 0. The highest BCUT2D eigenvalue weighted by molar-refractivity contribution is 6.16. The monoisotopic (exact) mass is 458 g/mol. The standard InChI is InChI=1S/C36H26/c1-5-7-31-33-17-27-13-23-9-21(3)11-25(23)15-29(27)19-35(33)32(8-6-2)36-20-30-16-26-12-22(4)10-24(26)14-28(30)18-34(31)36/h9,12-20H,10-11H2,1-4H3. The highest BCUT2D eigenvalue weighted by atomic mass is 14.2. The molecule has 0 bridgehead atoms. The quantitative estimate of drug-likeness (QED) is 0.160. The van der Waals surface area contributed by atoms with E-state index in [1.165, 1.54) is 76.5 Å². The highest BCUT2D eigenvalue weighted by Crippen LogP contribution is 2.39. The molecule has 0 aromatic heterocycles. The minimum absolute atomic E-state index is 1.04. The van der Waals surface area contributed by atoms with Crippen molar-refractivity contribution in [2.45, 2.75) is 40.5 Å². The van der Waals surface area contributed by atoms with Gasteiger partial charge in [0.2, 0.25) is 0 Å². The van der Waals surface area contributed by atoms with Gasteiger partial charge in [0.15, 0.2) is 0 Å². The summed E-state index contributed by atoms with van der Waals surface area (Å²) in [5.41, 5.74) is 10.6. The first-order chi connectivity index (χ1) is 17.5. The maximum absolute atomic E-state index is 3.49. The Morgan fingerprint density at radius 3 is 1.22 bits per heavy atom. The van der Waals surface area contributed by atoms with Gasteiger partial charge in [-0.15, -0.1) is 11.8 Å². The van der Waals surface area contributed by atoms with Crippen LogP contribution >= 0.6 is 0 Å². The fourth-order valence-corrected chi connectivity index (χ4v) is 6.27. The van der Waals surface area contributed by atoms with Crippen molar-refractivity contribution in [3.8, 4) is 23.7 Å². The predicted octanol–water partition coefficient (Wildman–Crippen LogP) is 8.96. The number of benzene rings is 5. The van der Waals surface area contributed by atoms with E-state index in [4.69, 9.17) is 0 Å². The Balaban J connectivity index is 1.64. The lowest BCUT2D eigenvalue weighted by molar-refractivity contribution is 1.20. The second kappa shape index (κ2) is 7.62. The van der Waals surface area contributed by atoms with Crippen LogP contribution in [-0.4, -0.2) is 0 Å². The number of rotatable bonds is 0. The molecule has 36 heavy (non-hydrogen) atoms. The molecule has 0 aliphatic heterocycles. The molecule has 2 aliphatic carbocycles. The van der Waals surface area contributed by atoms with Gasteiger partial charge in [0, 0.05) is 11.1 Å². The smallest absolute Gasteiger partial charge is 0.0403 e. The molecule has 0 heterocycles. The third-order valence-corrected chi connectivity index (χ3v) is 7.79. The molecule has 170 valence electrons. The van der Waals surface area contributed by atoms with E-state index >= 15 is 0 Å². The van der Waals surface area contributed by atoms with Gasteiger partial charge in [0.05, 0.1) is 0 Å². The molecule has 0 N–H and O–H groups in total. The van der Waals surface area contributed by atoms with E-state index in [2.05, 4.69) is 98.2 Å². The summed E-state index contributed by atoms with van der Waals surface area (Å²) in [6.45, 7) is 8.30. The van der Waals surface area contributed by atoms with Crippen molar-refractivity contribution in [3.05, 3.63) is 93.1 Å². The molecule has 0 fully saturated rings. The molecular weight excluding hydrogens is 432 g/mol. The third kappa shape index (κ3) is 3.05. The van der Waals surface area contributed by atoms with Crippen molar-refractivity contribution >= 4 is 55.2 Å². The summed E-state index contributed by atoms with van der Waals surface area (Å²) in [5, 5.41) is 9.86. The van der Waals surface area contributed by atoms with Crippen LogP contribution in [0.15, 0.2) is 59.7 Å². The van der Waals surface area contributed by atoms with Crippen molar-refractivity contribution in [2.24, 2.45) is 0 Å². The van der Waals surface area contributed by atoms with Crippen molar-refractivity contribution in [3.63, 3.8) is 0 Å². The molecule has 0 heteroatoms. The first kappa shape index (κ1) is 21.1. The zero-order chi connectivity index (χ0) is 24.6. The van der Waals surface area contributed by atoms with Gasteiger partial charge in [-0.1, -0.05) is 47.3 Å². The van der Waals surface area contributed by atoms with E-state index in [0.29, 0.717) is 0 Å². The lowest BCUT2D eigenvalue weighted by Gasteiger charge is -2.15. The van der Waals surface area contributed by atoms with Crippen LogP contribution in [0.25, 0.3) is 55.2 Å². The van der Waals surface area contributed by atoms with Crippen molar-refractivity contribution in [1.29, 1.82) is 0 Å². The summed E-state index contributed by atoms with van der Waals surface area (Å²) in [5.74, 6) is 13.4. The molecule has 7 rings (SSSR count). The molecule has 5 aromatic rings. The molecular formula is C36H26. The topological polar surface area (TPSA) is 0 Å². The van der Waals surface area contributed by atoms with Crippen LogP contribution in [-0.2, 0) is 12.8 Å². The van der Waals surface area contributed by atoms with Gasteiger partial charge in [-0.3, -0.25) is 0 Å². The highest BCUT2D eigenvalue weighted by Gasteiger charge is 2.18. The second-order valence-electron chi connectivity index (χ2n) is 10.4. The van der Waals surface area contributed by atoms with Crippen LogP contribution in [0.1, 0.15) is 61.1 Å². The number of fused-ring (bicyclic) bond motifs is 6. The molecule has 0 unspecified atom stereocenters. The van der Waals surface area contributed by atoms with Crippen molar-refractivity contribution < 1.29 is 0 Å². The summed E-state index contributed by atoms with van der Waals surface area (Å²) in [7, 11) is 0. The summed E-state index contributed by atoms with van der Waals surface area (Å²) in [6.07, 6.45) is 6.72. The average molecular weight is 459 g/mol. The molecule has 5 aromatic carbocycles. The third-order valence-electron chi connectivity index (χ3n) is 7.79. The average Bonchev–Trinajstić information content (AvgIpc) is 3.40. The molecule has 0 saturated carbocycles. The van der Waals surface area contributed by atoms with E-state index < -0.39 is 0 Å². The van der Waals surface area contributed by atoms with E-state index in [-0.39, 0.29) is 0 Å². The summed E-state index contributed by atoms with van der Waals surface area (Å²) < 4.78 is 0. The van der Waals surface area contributed by atoms with E-state index in [0.717, 1.165) is 24.0 Å². The first-order valence-corrected chi connectivity index (χ1v) is 12.7. The first-order valence-electron chi connectivity index (χ1n) is 12.7. The second-order valence-corrected chi connectivity index (χ2v) is 10.4. The predicted molar refractivity (Wildman–Crippen MR) is 156 cm³/mol. The van der Waals surface area contributed by atoms with E-state index in [9.17, 15) is 0 Å². The van der Waals surface area contributed by atoms with Gasteiger partial charge in [-0.25, -0.2) is 0 Å². The summed E-state index contributed by atoms with van der Waals surface area (Å²) in [6, 6.07) is 18.8. The molecule has 0 amide bonds. The van der Waals surface area contributed by atoms with Crippen LogP contribution in [0.4, 0.5) is 0 Å². The van der Waals surface area contributed by atoms with Gasteiger partial charge >= 0.3 is 0 Å². The molecule has 0 spiro atoms. The van der Waals surface area contributed by atoms with Gasteiger partial charge < -0.3 is 0 Å². The van der Waals surface area contributed by atoms with E-state index in [1.54, 1.807) is 0 Å². The lowest BCUT2D eigenvalue weighted by Crippen LogP contribution is -1.93. The van der Waals surface area contributed by atoms with Gasteiger partial charge in [0.25, 0.3) is 0 Å². The van der Waals surface area contributed by atoms with Crippen LogP contribution < -0.4 is 0 Å². The minimum atomic E-state index is 1.04. The Morgan fingerprint density at radius 2 is 0.861 bits per heavy atom. The molecule has 0 saturated heterocycles. The molecule has 0 atom stereocenters. The number of hydrogen-bond donors (Lipinski definition) is 0. The van der Waals surface area contributed by atoms with E-state index in [1.807, 2.05) is 13.8 Å². The number of hydrogen-bond acceptors (Lipinski definition) is 0. The Hall–Kier alpha value is -4.26. The zero-order valence-electron chi connectivity index (χ0n) is 21.2. The summed E-state index contributed by atoms with van der Waals surface area (Å²) >= 11 is 0. The normalized spacial score (nSPS) is 13.8. The van der Waals surface area contributed by atoms with Crippen LogP contribution in [0, 0.1) is 23.7 Å². The fraction of sp³-hybridized carbons (Fsp3) is 0.167. The SMILES string of the molecule is CC#Cc1c2cc3cc4c(cc3cc2c(C#CC)c2cc3cc5c(cc3cc12)CC(C)=C5)CC(C)=C4. The fourth-order valence-electron chi connectivity index (χ4n) is 6.27. The lowest BCUT2D eigenvalue weighted by atomic mass is 9.87. The zero-order valence-corrected chi connectivity index (χ0v) is 21.2. The maximum atomic E-state index is 3.49. The van der Waals surface area contributed by atoms with Crippen molar-refractivity contribution in [1.82, 2.24) is 0 Å².